The van der Waals surface area contributed by atoms with Crippen molar-refractivity contribution in [2.75, 3.05) is 18.5 Å². The molecule has 3 aliphatic heterocycles. The van der Waals surface area contributed by atoms with Crippen LogP contribution in [0.3, 0.4) is 0 Å². The second-order valence-electron chi connectivity index (χ2n) is 7.09. The average molecular weight is 394 g/mol. The number of halogens is 1. The second-order valence-corrected chi connectivity index (χ2v) is 8.01. The highest BCUT2D eigenvalue weighted by Crippen LogP contribution is 2.46. The summed E-state index contributed by atoms with van der Waals surface area (Å²) in [7, 11) is 0. The number of fused-ring (bicyclic) bond motifs is 4. The van der Waals surface area contributed by atoms with Crippen LogP contribution >= 0.6 is 15.9 Å². The maximum atomic E-state index is 13.1. The van der Waals surface area contributed by atoms with Crippen molar-refractivity contribution in [3.63, 3.8) is 0 Å². The van der Waals surface area contributed by atoms with E-state index in [-0.39, 0.29) is 23.8 Å². The van der Waals surface area contributed by atoms with Gasteiger partial charge in [0.2, 0.25) is 5.54 Å². The number of carbonyl (C=O) groups is 2. The van der Waals surface area contributed by atoms with Crippen LogP contribution in [0.1, 0.15) is 37.3 Å². The molecule has 128 valence electrons. The quantitative estimate of drug-likeness (QED) is 0.749. The first kappa shape index (κ1) is 16.1. The maximum absolute atomic E-state index is 13.1. The molecule has 3 heterocycles. The van der Waals surface area contributed by atoms with Crippen molar-refractivity contribution >= 4 is 33.5 Å². The number of rotatable bonds is 2. The first-order valence-electron chi connectivity index (χ1n) is 8.64. The third kappa shape index (κ3) is 2.02. The summed E-state index contributed by atoms with van der Waals surface area (Å²) in [6, 6.07) is 4.25. The van der Waals surface area contributed by atoms with E-state index in [0.717, 1.165) is 40.7 Å². The molecule has 1 aromatic carbocycles. The fourth-order valence-corrected chi connectivity index (χ4v) is 5.63. The van der Waals surface area contributed by atoms with Crippen molar-refractivity contribution in [2.45, 2.75) is 44.7 Å². The van der Waals surface area contributed by atoms with Gasteiger partial charge >= 0.3 is 5.97 Å². The normalized spacial score (nSPS) is 33.5. The Kier molecular flexibility index (Phi) is 3.73. The van der Waals surface area contributed by atoms with E-state index in [1.807, 2.05) is 19.9 Å². The van der Waals surface area contributed by atoms with Crippen molar-refractivity contribution in [3.8, 4) is 0 Å². The lowest BCUT2D eigenvalue weighted by atomic mass is 9.84. The van der Waals surface area contributed by atoms with Gasteiger partial charge in [-0.25, -0.2) is 0 Å². The standard InChI is InChI=1S/C18H21BrN2O3/c1-3-24-16(22)12-9-18(21-6-4-5-14(12)21)13-8-11(19)7-10(2)15(13)20-17(18)23/h7-8,12,14H,3-6,9H2,1-2H3,(H,20,23)/p+1/t12-,14-,18+/m0/s1. The van der Waals surface area contributed by atoms with Crippen LogP contribution in [-0.4, -0.2) is 31.1 Å². The summed E-state index contributed by atoms with van der Waals surface area (Å²) < 4.78 is 6.29. The van der Waals surface area contributed by atoms with Gasteiger partial charge in [-0.2, -0.15) is 0 Å². The fraction of sp³-hybridized carbons (Fsp3) is 0.556. The minimum absolute atomic E-state index is 0.0346. The van der Waals surface area contributed by atoms with Crippen LogP contribution in [0.25, 0.3) is 0 Å². The number of ether oxygens (including phenoxy) is 1. The molecule has 1 spiro atoms. The van der Waals surface area contributed by atoms with Gasteiger partial charge in [0.1, 0.15) is 12.0 Å². The van der Waals surface area contributed by atoms with Crippen LogP contribution < -0.4 is 10.2 Å². The lowest BCUT2D eigenvalue weighted by Gasteiger charge is -2.29. The number of amides is 1. The van der Waals surface area contributed by atoms with Gasteiger partial charge in [0, 0.05) is 29.3 Å². The van der Waals surface area contributed by atoms with Crippen LogP contribution in [0.15, 0.2) is 16.6 Å². The van der Waals surface area contributed by atoms with Crippen LogP contribution in [0, 0.1) is 12.8 Å². The Morgan fingerprint density at radius 3 is 3.04 bits per heavy atom. The molecule has 1 amide bonds. The first-order valence-corrected chi connectivity index (χ1v) is 9.43. The molecular weight excluding hydrogens is 372 g/mol. The van der Waals surface area contributed by atoms with Crippen LogP contribution in [0.5, 0.6) is 0 Å². The van der Waals surface area contributed by atoms with Crippen molar-refractivity contribution in [3.05, 3.63) is 27.7 Å². The van der Waals surface area contributed by atoms with E-state index < -0.39 is 5.54 Å². The zero-order chi connectivity index (χ0) is 17.1. The third-order valence-electron chi connectivity index (χ3n) is 5.94. The molecule has 6 heteroatoms. The lowest BCUT2D eigenvalue weighted by Crippen LogP contribution is -3.19. The smallest absolute Gasteiger partial charge is 0.315 e. The molecule has 0 aromatic heterocycles. The summed E-state index contributed by atoms with van der Waals surface area (Å²) in [5, 5.41) is 3.10. The predicted octanol–water partition coefficient (Wildman–Crippen LogP) is 1.54. The summed E-state index contributed by atoms with van der Waals surface area (Å²) in [6.45, 7) is 5.16. The number of quaternary nitrogens is 1. The maximum Gasteiger partial charge on any atom is 0.315 e. The number of aryl methyl sites for hydroxylation is 1. The van der Waals surface area contributed by atoms with E-state index in [0.29, 0.717) is 13.0 Å². The minimum atomic E-state index is -0.650. The van der Waals surface area contributed by atoms with Crippen LogP contribution in [0.4, 0.5) is 5.69 Å². The van der Waals surface area contributed by atoms with E-state index in [9.17, 15) is 9.59 Å². The molecule has 4 atom stereocenters. The Morgan fingerprint density at radius 2 is 2.29 bits per heavy atom. The number of nitrogens with one attached hydrogen (secondary N) is 2. The van der Waals surface area contributed by atoms with Crippen LogP contribution in [0.2, 0.25) is 0 Å². The molecule has 0 bridgehead atoms. The minimum Gasteiger partial charge on any atom is -0.466 e. The van der Waals surface area contributed by atoms with Crippen molar-refractivity contribution in [1.82, 2.24) is 0 Å². The van der Waals surface area contributed by atoms with Crippen molar-refractivity contribution in [2.24, 2.45) is 5.92 Å². The monoisotopic (exact) mass is 393 g/mol. The number of hydrogen-bond donors (Lipinski definition) is 2. The Bertz CT molecular complexity index is 735. The lowest BCUT2D eigenvalue weighted by molar-refractivity contribution is -0.947. The predicted molar refractivity (Wildman–Crippen MR) is 92.8 cm³/mol. The highest BCUT2D eigenvalue weighted by molar-refractivity contribution is 9.10. The van der Waals surface area contributed by atoms with E-state index in [4.69, 9.17) is 4.74 Å². The molecule has 5 nitrogen and oxygen atoms in total. The van der Waals surface area contributed by atoms with Gasteiger partial charge in [-0.05, 0) is 31.5 Å². The van der Waals surface area contributed by atoms with Gasteiger partial charge in [-0.1, -0.05) is 15.9 Å². The van der Waals surface area contributed by atoms with Crippen molar-refractivity contribution < 1.29 is 19.2 Å². The zero-order valence-corrected chi connectivity index (χ0v) is 15.5. The van der Waals surface area contributed by atoms with Gasteiger partial charge in [0.05, 0.1) is 18.8 Å². The molecular formula is C18H22BrN2O3+. The highest BCUT2D eigenvalue weighted by Gasteiger charge is 2.67. The average Bonchev–Trinajstić information content (AvgIpc) is 3.17. The summed E-state index contributed by atoms with van der Waals surface area (Å²) in [5.41, 5.74) is 2.36. The second kappa shape index (κ2) is 5.56. The first-order chi connectivity index (χ1) is 11.5. The number of carbonyl (C=O) groups excluding carboxylic acids is 2. The van der Waals surface area contributed by atoms with E-state index in [2.05, 4.69) is 27.3 Å². The van der Waals surface area contributed by atoms with Crippen LogP contribution in [-0.2, 0) is 19.9 Å². The summed E-state index contributed by atoms with van der Waals surface area (Å²) >= 11 is 3.57. The number of anilines is 1. The van der Waals surface area contributed by atoms with Gasteiger partial charge in [0.15, 0.2) is 0 Å². The summed E-state index contributed by atoms with van der Waals surface area (Å²) in [4.78, 5) is 26.8. The Hall–Kier alpha value is -1.40. The Balaban J connectivity index is 1.84. The topological polar surface area (TPSA) is 59.8 Å². The fourth-order valence-electron chi connectivity index (χ4n) is 5.06. The van der Waals surface area contributed by atoms with E-state index in [1.54, 1.807) is 0 Å². The van der Waals surface area contributed by atoms with E-state index in [1.165, 1.54) is 4.90 Å². The van der Waals surface area contributed by atoms with Gasteiger partial charge in [-0.15, -0.1) is 0 Å². The Morgan fingerprint density at radius 1 is 1.50 bits per heavy atom. The van der Waals surface area contributed by atoms with Gasteiger partial charge in [0.25, 0.3) is 5.91 Å². The molecule has 0 aliphatic carbocycles. The molecule has 2 fully saturated rings. The molecule has 24 heavy (non-hydrogen) atoms. The van der Waals surface area contributed by atoms with Gasteiger partial charge < -0.3 is 15.0 Å². The number of esters is 1. The molecule has 4 rings (SSSR count). The number of benzene rings is 1. The largest absolute Gasteiger partial charge is 0.466 e. The van der Waals surface area contributed by atoms with Crippen molar-refractivity contribution in [1.29, 1.82) is 0 Å². The zero-order valence-electron chi connectivity index (χ0n) is 13.9. The summed E-state index contributed by atoms with van der Waals surface area (Å²) in [5.74, 6) is -0.308. The molecule has 2 saturated heterocycles. The number of hydrogen-bond acceptors (Lipinski definition) is 3. The summed E-state index contributed by atoms with van der Waals surface area (Å²) in [6.07, 6.45) is 2.57. The molecule has 0 radical (unpaired) electrons. The third-order valence-corrected chi connectivity index (χ3v) is 6.40. The SMILES string of the molecule is CCOC(=O)[C@H]1C[C@@]2(C(=O)Nc3c(C)cc(Br)cc32)[NH+]2CCC[C@@H]12. The molecule has 3 aliphatic rings. The molecule has 2 N–H and O–H groups in total. The van der Waals surface area contributed by atoms with Gasteiger partial charge in [-0.3, -0.25) is 9.59 Å². The Labute approximate surface area is 149 Å². The highest BCUT2D eigenvalue weighted by atomic mass is 79.9. The molecule has 0 saturated carbocycles. The molecule has 1 unspecified atom stereocenters. The van der Waals surface area contributed by atoms with E-state index >= 15 is 0 Å². The molecule has 1 aromatic rings.